The van der Waals surface area contributed by atoms with Crippen LogP contribution in [-0.2, 0) is 6.61 Å². The van der Waals surface area contributed by atoms with E-state index in [0.717, 1.165) is 0 Å². The molecule has 0 fully saturated rings. The van der Waals surface area contributed by atoms with Crippen LogP contribution in [0, 0.1) is 0 Å². The molecule has 70 valence electrons. The van der Waals surface area contributed by atoms with Gasteiger partial charge in [0.25, 0.3) is 0 Å². The quantitative estimate of drug-likeness (QED) is 0.749. The van der Waals surface area contributed by atoms with Crippen LogP contribution in [0.4, 0.5) is 0 Å². The number of halogens is 1. The fourth-order valence-electron chi connectivity index (χ4n) is 1.28. The molecule has 0 bridgehead atoms. The fourth-order valence-corrected chi connectivity index (χ4v) is 1.49. The molecule has 0 spiro atoms. The minimum atomic E-state index is -0.0666. The van der Waals surface area contributed by atoms with E-state index < -0.39 is 0 Å². The maximum absolute atomic E-state index is 9.01. The van der Waals surface area contributed by atoms with Gasteiger partial charge < -0.3 is 14.6 Å². The normalized spacial score (nSPS) is 14.3. The number of fused-ring (bicyclic) bond motifs is 1. The molecule has 0 aromatic heterocycles. The van der Waals surface area contributed by atoms with Crippen LogP contribution in [0.1, 0.15) is 5.56 Å². The predicted octanol–water partition coefficient (Wildman–Crippen LogP) is 1.60. The summed E-state index contributed by atoms with van der Waals surface area (Å²) in [5, 5.41) is 9.53. The summed E-state index contributed by atoms with van der Waals surface area (Å²) in [5.41, 5.74) is 0.708. The average molecular weight is 201 g/mol. The van der Waals surface area contributed by atoms with Crippen molar-refractivity contribution in [3.8, 4) is 11.5 Å². The molecule has 1 aliphatic rings. The van der Waals surface area contributed by atoms with Gasteiger partial charge in [0.2, 0.25) is 0 Å². The maximum atomic E-state index is 9.01. The van der Waals surface area contributed by atoms with Crippen molar-refractivity contribution in [3.63, 3.8) is 0 Å². The Morgan fingerprint density at radius 2 is 1.92 bits per heavy atom. The van der Waals surface area contributed by atoms with Crippen molar-refractivity contribution in [1.29, 1.82) is 0 Å². The van der Waals surface area contributed by atoms with Crippen LogP contribution in [0.25, 0.3) is 0 Å². The Hall–Kier alpha value is -0.930. The average Bonchev–Trinajstić information content (AvgIpc) is 2.19. The fraction of sp³-hybridized carbons (Fsp3) is 0.333. The van der Waals surface area contributed by atoms with Gasteiger partial charge in [0.1, 0.15) is 13.2 Å². The summed E-state index contributed by atoms with van der Waals surface area (Å²) in [7, 11) is 0. The van der Waals surface area contributed by atoms with Crippen molar-refractivity contribution in [2.45, 2.75) is 6.61 Å². The van der Waals surface area contributed by atoms with Gasteiger partial charge in [-0.15, -0.1) is 0 Å². The van der Waals surface area contributed by atoms with Crippen LogP contribution >= 0.6 is 11.6 Å². The van der Waals surface area contributed by atoms with Crippen molar-refractivity contribution in [2.24, 2.45) is 0 Å². The molecular weight excluding hydrogens is 192 g/mol. The van der Waals surface area contributed by atoms with Gasteiger partial charge in [-0.1, -0.05) is 17.7 Å². The molecule has 3 nitrogen and oxygen atoms in total. The first-order chi connectivity index (χ1) is 6.33. The zero-order valence-corrected chi connectivity index (χ0v) is 7.67. The van der Waals surface area contributed by atoms with Crippen LogP contribution in [0.15, 0.2) is 12.1 Å². The van der Waals surface area contributed by atoms with Gasteiger partial charge in [-0.05, 0) is 6.07 Å². The van der Waals surface area contributed by atoms with Gasteiger partial charge in [-0.25, -0.2) is 0 Å². The van der Waals surface area contributed by atoms with Crippen molar-refractivity contribution in [3.05, 3.63) is 22.7 Å². The summed E-state index contributed by atoms with van der Waals surface area (Å²) in [4.78, 5) is 0. The predicted molar refractivity (Wildman–Crippen MR) is 48.4 cm³/mol. The zero-order chi connectivity index (χ0) is 9.26. The molecule has 0 amide bonds. The molecule has 0 atom stereocenters. The van der Waals surface area contributed by atoms with E-state index in [2.05, 4.69) is 0 Å². The number of aliphatic hydroxyl groups excluding tert-OH is 1. The van der Waals surface area contributed by atoms with E-state index in [-0.39, 0.29) is 6.61 Å². The lowest BCUT2D eigenvalue weighted by molar-refractivity contribution is 0.165. The van der Waals surface area contributed by atoms with Gasteiger partial charge in [-0.2, -0.15) is 0 Å². The highest BCUT2D eigenvalue weighted by atomic mass is 35.5. The molecule has 0 aliphatic carbocycles. The van der Waals surface area contributed by atoms with Gasteiger partial charge in [0.15, 0.2) is 11.5 Å². The minimum absolute atomic E-state index is 0.0666. The lowest BCUT2D eigenvalue weighted by Gasteiger charge is -2.21. The third kappa shape index (κ3) is 1.45. The zero-order valence-electron chi connectivity index (χ0n) is 6.92. The van der Waals surface area contributed by atoms with E-state index in [4.69, 9.17) is 26.2 Å². The van der Waals surface area contributed by atoms with Gasteiger partial charge in [0, 0.05) is 5.56 Å². The summed E-state index contributed by atoms with van der Waals surface area (Å²) < 4.78 is 10.7. The van der Waals surface area contributed by atoms with E-state index in [1.165, 1.54) is 0 Å². The second kappa shape index (κ2) is 3.44. The van der Waals surface area contributed by atoms with Crippen molar-refractivity contribution in [1.82, 2.24) is 0 Å². The highest BCUT2D eigenvalue weighted by Gasteiger charge is 2.18. The first-order valence-electron chi connectivity index (χ1n) is 4.01. The smallest absolute Gasteiger partial charge is 0.180 e. The summed E-state index contributed by atoms with van der Waals surface area (Å²) in [6, 6.07) is 3.43. The monoisotopic (exact) mass is 200 g/mol. The molecule has 1 aromatic rings. The molecule has 0 unspecified atom stereocenters. The standard InChI is InChI=1S/C9H9ClO3/c10-7-2-1-6(5-11)8-9(7)13-4-3-12-8/h1-2,11H,3-5H2. The summed E-state index contributed by atoms with van der Waals surface area (Å²) in [6.45, 7) is 0.935. The highest BCUT2D eigenvalue weighted by Crippen LogP contribution is 2.39. The number of ether oxygens (including phenoxy) is 2. The molecular formula is C9H9ClO3. The van der Waals surface area contributed by atoms with Crippen LogP contribution in [0.2, 0.25) is 5.02 Å². The number of hydrogen-bond donors (Lipinski definition) is 1. The second-order valence-electron chi connectivity index (χ2n) is 2.72. The summed E-state index contributed by atoms with van der Waals surface area (Å²) in [5.74, 6) is 1.11. The van der Waals surface area contributed by atoms with Crippen LogP contribution in [-0.4, -0.2) is 18.3 Å². The molecule has 1 N–H and O–H groups in total. The van der Waals surface area contributed by atoms with Crippen molar-refractivity contribution < 1.29 is 14.6 Å². The molecule has 1 heterocycles. The van der Waals surface area contributed by atoms with Crippen LogP contribution in [0.3, 0.4) is 0 Å². The Balaban J connectivity index is 2.52. The van der Waals surface area contributed by atoms with Crippen LogP contribution < -0.4 is 9.47 Å². The van der Waals surface area contributed by atoms with E-state index in [1.807, 2.05) is 0 Å². The molecule has 0 saturated carbocycles. The third-order valence-electron chi connectivity index (χ3n) is 1.89. The van der Waals surface area contributed by atoms with Gasteiger partial charge in [-0.3, -0.25) is 0 Å². The maximum Gasteiger partial charge on any atom is 0.180 e. The molecule has 13 heavy (non-hydrogen) atoms. The third-order valence-corrected chi connectivity index (χ3v) is 2.19. The number of benzene rings is 1. The highest BCUT2D eigenvalue weighted by molar-refractivity contribution is 6.32. The molecule has 2 rings (SSSR count). The van der Waals surface area contributed by atoms with E-state index in [1.54, 1.807) is 12.1 Å². The summed E-state index contributed by atoms with van der Waals surface area (Å²) >= 11 is 5.88. The SMILES string of the molecule is OCc1ccc(Cl)c2c1OCCO2. The molecule has 0 radical (unpaired) electrons. The Kier molecular flexibility index (Phi) is 2.29. The first-order valence-corrected chi connectivity index (χ1v) is 4.38. The Labute approximate surface area is 80.8 Å². The number of rotatable bonds is 1. The Morgan fingerprint density at radius 1 is 1.23 bits per heavy atom. The lowest BCUT2D eigenvalue weighted by atomic mass is 10.2. The largest absolute Gasteiger partial charge is 0.486 e. The topological polar surface area (TPSA) is 38.7 Å². The first kappa shape index (κ1) is 8.66. The van der Waals surface area contributed by atoms with Gasteiger partial charge >= 0.3 is 0 Å². The molecule has 1 aromatic carbocycles. The second-order valence-corrected chi connectivity index (χ2v) is 3.13. The molecule has 0 saturated heterocycles. The van der Waals surface area contributed by atoms with E-state index in [9.17, 15) is 0 Å². The Bertz CT molecular complexity index is 325. The van der Waals surface area contributed by atoms with Crippen molar-refractivity contribution in [2.75, 3.05) is 13.2 Å². The van der Waals surface area contributed by atoms with Crippen molar-refractivity contribution >= 4 is 11.6 Å². The molecule has 1 aliphatic heterocycles. The van der Waals surface area contributed by atoms with Gasteiger partial charge in [0.05, 0.1) is 11.6 Å². The number of aliphatic hydroxyl groups is 1. The molecule has 4 heteroatoms. The number of hydrogen-bond acceptors (Lipinski definition) is 3. The summed E-state index contributed by atoms with van der Waals surface area (Å²) in [6.07, 6.45) is 0. The van der Waals surface area contributed by atoms with Crippen LogP contribution in [0.5, 0.6) is 11.5 Å². The lowest BCUT2D eigenvalue weighted by Crippen LogP contribution is -2.16. The van der Waals surface area contributed by atoms with E-state index >= 15 is 0 Å². The van der Waals surface area contributed by atoms with E-state index in [0.29, 0.717) is 35.3 Å². The minimum Gasteiger partial charge on any atom is -0.486 e. The Morgan fingerprint density at radius 3 is 2.62 bits per heavy atom.